The van der Waals surface area contributed by atoms with E-state index in [-0.39, 0.29) is 21.8 Å². The fourth-order valence-electron chi connectivity index (χ4n) is 8.84. The Morgan fingerprint density at radius 3 is 1.93 bits per heavy atom. The molecule has 2 aromatic rings. The van der Waals surface area contributed by atoms with Crippen molar-refractivity contribution in [3.05, 3.63) is 60.7 Å². The minimum absolute atomic E-state index is 0.0290. The van der Waals surface area contributed by atoms with E-state index in [1.54, 1.807) is 0 Å². The molecule has 0 aromatic heterocycles. The molecule has 0 radical (unpaired) electrons. The quantitative estimate of drug-likeness (QED) is 0.190. The van der Waals surface area contributed by atoms with E-state index < -0.39 is 22.4 Å². The zero-order valence-corrected chi connectivity index (χ0v) is 32.1. The maximum absolute atomic E-state index is 7.58. The zero-order chi connectivity index (χ0) is 32.7. The zero-order valence-electron chi connectivity index (χ0n) is 30.1. The molecule has 3 fully saturated rings. The molecule has 5 atom stereocenters. The second-order valence-corrected chi connectivity index (χ2v) is 26.4. The van der Waals surface area contributed by atoms with Gasteiger partial charge in [0.25, 0.3) is 8.32 Å². The van der Waals surface area contributed by atoms with E-state index in [9.17, 15) is 0 Å². The van der Waals surface area contributed by atoms with Crippen LogP contribution >= 0.6 is 0 Å². The number of hydrogen-bond acceptors (Lipinski definition) is 4. The second kappa shape index (κ2) is 13.0. The van der Waals surface area contributed by atoms with Crippen molar-refractivity contribution in [1.29, 1.82) is 0 Å². The molecule has 4 nitrogen and oxygen atoms in total. The van der Waals surface area contributed by atoms with Gasteiger partial charge in [-0.25, -0.2) is 0 Å². The van der Waals surface area contributed by atoms with E-state index in [4.69, 9.17) is 18.3 Å². The molecule has 1 unspecified atom stereocenters. The van der Waals surface area contributed by atoms with Crippen molar-refractivity contribution >= 4 is 27.0 Å². The first-order chi connectivity index (χ1) is 21.0. The van der Waals surface area contributed by atoms with Crippen LogP contribution in [0.5, 0.6) is 0 Å². The third kappa shape index (κ3) is 6.71. The van der Waals surface area contributed by atoms with Crippen molar-refractivity contribution in [3.8, 4) is 0 Å². The monoisotopic (exact) mass is 650 g/mol. The Hall–Kier alpha value is -1.29. The van der Waals surface area contributed by atoms with Gasteiger partial charge in [0, 0.05) is 13.2 Å². The van der Waals surface area contributed by atoms with Gasteiger partial charge in [0.15, 0.2) is 14.1 Å². The molecule has 2 aliphatic carbocycles. The molecule has 2 aromatic carbocycles. The molecule has 0 amide bonds. The standard InChI is InChI=1S/C39H62O4Si2/c1-36(2,3)44(9,10)40-28-18-20-31-19-17-25-34-30(26-27-35-39(31,34)43-38(7,8)42-35)29-41-45(37(4,5)6,32-21-13-11-14-22-32)33-23-15-12-16-24-33/h11-16,21-24,30-31,34-35H,17-20,25-29H2,1-10H3/t30-,31+,34?,35+,39-/m0/s1. The smallest absolute Gasteiger partial charge is 0.261 e. The first kappa shape index (κ1) is 35.0. The molecular formula is C39H62O4Si2. The Morgan fingerprint density at radius 1 is 0.778 bits per heavy atom. The van der Waals surface area contributed by atoms with Crippen LogP contribution < -0.4 is 10.4 Å². The molecule has 2 saturated carbocycles. The average molecular weight is 651 g/mol. The van der Waals surface area contributed by atoms with Crippen molar-refractivity contribution in [2.45, 2.75) is 141 Å². The minimum Gasteiger partial charge on any atom is -0.417 e. The third-order valence-electron chi connectivity index (χ3n) is 11.9. The molecule has 6 heteroatoms. The molecule has 1 heterocycles. The maximum Gasteiger partial charge on any atom is 0.261 e. The van der Waals surface area contributed by atoms with Gasteiger partial charge in [0.1, 0.15) is 5.60 Å². The summed E-state index contributed by atoms with van der Waals surface area (Å²) in [5.74, 6) is 0.828. The second-order valence-electron chi connectivity index (χ2n) is 17.3. The highest BCUT2D eigenvalue weighted by atomic mass is 28.4. The SMILES string of the molecule is CC1(C)O[C@@H]2CC[C@@H](CO[Si](c3ccccc3)(c3ccccc3)C(C)(C)C)C3CCC[C@H](CCCO[Si](C)(C)C(C)(C)C)[C@]32O1. The molecule has 1 aliphatic heterocycles. The number of ether oxygens (including phenoxy) is 2. The summed E-state index contributed by atoms with van der Waals surface area (Å²) in [4.78, 5) is 0. The first-order valence-corrected chi connectivity index (χ1v) is 22.6. The van der Waals surface area contributed by atoms with Gasteiger partial charge in [-0.1, -0.05) is 109 Å². The van der Waals surface area contributed by atoms with Gasteiger partial charge in [0.2, 0.25) is 0 Å². The molecule has 0 N–H and O–H groups in total. The third-order valence-corrected chi connectivity index (χ3v) is 21.4. The normalized spacial score (nSPS) is 28.8. The number of hydrogen-bond donors (Lipinski definition) is 0. The fourth-order valence-corrected chi connectivity index (χ4v) is 14.5. The largest absolute Gasteiger partial charge is 0.417 e. The highest BCUT2D eigenvalue weighted by Crippen LogP contribution is 2.59. The van der Waals surface area contributed by atoms with E-state index in [0.29, 0.717) is 17.8 Å². The molecule has 0 bridgehead atoms. The van der Waals surface area contributed by atoms with Crippen LogP contribution in [0.2, 0.25) is 23.2 Å². The van der Waals surface area contributed by atoms with Gasteiger partial charge in [-0.15, -0.1) is 0 Å². The number of rotatable bonds is 10. The molecular weight excluding hydrogens is 589 g/mol. The van der Waals surface area contributed by atoms with Crippen molar-refractivity contribution in [2.75, 3.05) is 13.2 Å². The summed E-state index contributed by atoms with van der Waals surface area (Å²) in [5.41, 5.74) is -0.240. The molecule has 1 spiro atoms. The van der Waals surface area contributed by atoms with Crippen molar-refractivity contribution in [1.82, 2.24) is 0 Å². The lowest BCUT2D eigenvalue weighted by Crippen LogP contribution is -2.67. The van der Waals surface area contributed by atoms with Crippen LogP contribution in [0.15, 0.2) is 60.7 Å². The highest BCUT2D eigenvalue weighted by Gasteiger charge is 2.65. The topological polar surface area (TPSA) is 36.9 Å². The van der Waals surface area contributed by atoms with Crippen LogP contribution in [0.4, 0.5) is 0 Å². The van der Waals surface area contributed by atoms with Crippen LogP contribution in [0.25, 0.3) is 0 Å². The lowest BCUT2D eigenvalue weighted by molar-refractivity contribution is -0.208. The Kier molecular flexibility index (Phi) is 10.1. The summed E-state index contributed by atoms with van der Waals surface area (Å²) in [7, 11) is -4.37. The Bertz CT molecular complexity index is 1210. The van der Waals surface area contributed by atoms with Crippen LogP contribution in [0.3, 0.4) is 0 Å². The predicted octanol–water partition coefficient (Wildman–Crippen LogP) is 9.08. The lowest BCUT2D eigenvalue weighted by atomic mass is 9.56. The fraction of sp³-hybridized carbons (Fsp3) is 0.692. The van der Waals surface area contributed by atoms with E-state index >= 15 is 0 Å². The Morgan fingerprint density at radius 2 is 1.38 bits per heavy atom. The van der Waals surface area contributed by atoms with Crippen LogP contribution in [-0.4, -0.2) is 47.3 Å². The van der Waals surface area contributed by atoms with E-state index in [1.807, 2.05) is 0 Å². The van der Waals surface area contributed by atoms with Crippen LogP contribution in [0, 0.1) is 17.8 Å². The van der Waals surface area contributed by atoms with E-state index in [1.165, 1.54) is 29.6 Å². The lowest BCUT2D eigenvalue weighted by Gasteiger charge is -2.55. The molecule has 45 heavy (non-hydrogen) atoms. The molecule has 250 valence electrons. The number of benzene rings is 2. The summed E-state index contributed by atoms with van der Waals surface area (Å²) in [5, 5.41) is 2.92. The minimum atomic E-state index is -2.62. The summed E-state index contributed by atoms with van der Waals surface area (Å²) >= 11 is 0. The van der Waals surface area contributed by atoms with E-state index in [2.05, 4.69) is 129 Å². The van der Waals surface area contributed by atoms with Crippen molar-refractivity contribution < 1.29 is 18.3 Å². The molecule has 1 saturated heterocycles. The summed E-state index contributed by atoms with van der Waals surface area (Å²) in [6.07, 6.45) is 8.24. The van der Waals surface area contributed by atoms with Crippen molar-refractivity contribution in [2.24, 2.45) is 17.8 Å². The van der Waals surface area contributed by atoms with Crippen LogP contribution in [0.1, 0.15) is 100 Å². The highest BCUT2D eigenvalue weighted by molar-refractivity contribution is 6.99. The van der Waals surface area contributed by atoms with E-state index in [0.717, 1.165) is 38.9 Å². The maximum atomic E-state index is 7.58. The molecule has 3 aliphatic rings. The van der Waals surface area contributed by atoms with Gasteiger partial charge < -0.3 is 18.3 Å². The molecule has 5 rings (SSSR count). The van der Waals surface area contributed by atoms with Gasteiger partial charge in [-0.2, -0.15) is 0 Å². The summed E-state index contributed by atoms with van der Waals surface area (Å²) < 4.78 is 28.2. The van der Waals surface area contributed by atoms with Gasteiger partial charge in [0.05, 0.1) is 6.10 Å². The average Bonchev–Trinajstić information content (AvgIpc) is 3.25. The van der Waals surface area contributed by atoms with Gasteiger partial charge in [-0.3, -0.25) is 0 Å². The summed E-state index contributed by atoms with van der Waals surface area (Å²) in [6.45, 7) is 24.8. The first-order valence-electron chi connectivity index (χ1n) is 17.8. The van der Waals surface area contributed by atoms with Crippen LogP contribution in [-0.2, 0) is 18.3 Å². The van der Waals surface area contributed by atoms with Gasteiger partial charge in [-0.05, 0) is 104 Å². The summed E-state index contributed by atoms with van der Waals surface area (Å²) in [6, 6.07) is 22.2. The Labute approximate surface area is 277 Å². The Balaban J connectivity index is 1.42. The predicted molar refractivity (Wildman–Crippen MR) is 192 cm³/mol. The van der Waals surface area contributed by atoms with Gasteiger partial charge >= 0.3 is 0 Å². The van der Waals surface area contributed by atoms with Crippen molar-refractivity contribution in [3.63, 3.8) is 0 Å².